The van der Waals surface area contributed by atoms with Crippen LogP contribution in [0.15, 0.2) is 84.0 Å². The summed E-state index contributed by atoms with van der Waals surface area (Å²) in [6.07, 6.45) is 3.37. The summed E-state index contributed by atoms with van der Waals surface area (Å²) in [4.78, 5) is 20.7. The smallest absolute Gasteiger partial charge is 0.282 e. The molecule has 0 atom stereocenters. The van der Waals surface area contributed by atoms with Gasteiger partial charge in [-0.3, -0.25) is 4.79 Å². The molecule has 0 amide bonds. The van der Waals surface area contributed by atoms with Gasteiger partial charge in [-0.1, -0.05) is 60.7 Å². The molecule has 4 rings (SSSR count). The van der Waals surface area contributed by atoms with Gasteiger partial charge in [0.1, 0.15) is 12.0 Å². The molecule has 0 unspecified atom stereocenters. The van der Waals surface area contributed by atoms with E-state index in [1.54, 1.807) is 12.5 Å². The summed E-state index contributed by atoms with van der Waals surface area (Å²) in [5.41, 5.74) is 3.49. The van der Waals surface area contributed by atoms with Crippen LogP contribution in [0, 0.1) is 0 Å². The monoisotopic (exact) mass is 313 g/mol. The Bertz CT molecular complexity index is 1040. The largest absolute Gasteiger partial charge is 0.312 e. The molecule has 4 aromatic rings. The molecule has 0 aliphatic carbocycles. The van der Waals surface area contributed by atoms with E-state index in [0.717, 1.165) is 16.7 Å². The molecule has 0 bridgehead atoms. The Balaban J connectivity index is 1.83. The van der Waals surface area contributed by atoms with E-state index in [1.165, 1.54) is 0 Å². The Hall–Kier alpha value is -3.27. The number of hydrogen-bond donors (Lipinski definition) is 0. The van der Waals surface area contributed by atoms with Crippen molar-refractivity contribution in [2.45, 2.75) is 6.54 Å². The fourth-order valence-electron chi connectivity index (χ4n) is 2.77. The van der Waals surface area contributed by atoms with Crippen LogP contribution in [0.25, 0.3) is 22.2 Å². The van der Waals surface area contributed by atoms with Gasteiger partial charge in [-0.2, -0.15) is 4.98 Å². The van der Waals surface area contributed by atoms with Gasteiger partial charge >= 0.3 is 0 Å². The third-order valence-corrected chi connectivity index (χ3v) is 3.99. The predicted octanol–water partition coefficient (Wildman–Crippen LogP) is 3.51. The number of hydrogen-bond acceptors (Lipinski definition) is 3. The summed E-state index contributed by atoms with van der Waals surface area (Å²) < 4.78 is 1.90. The molecular formula is C20H15N3O. The van der Waals surface area contributed by atoms with Gasteiger partial charge in [-0.05, 0) is 17.2 Å². The van der Waals surface area contributed by atoms with E-state index >= 15 is 0 Å². The molecule has 116 valence electrons. The summed E-state index contributed by atoms with van der Waals surface area (Å²) in [7, 11) is 0. The number of aromatic nitrogens is 3. The SMILES string of the molecule is O=c1ncn(Cc2ccccc2)c2ncc(-c3ccccc3)cc12. The average Bonchev–Trinajstić information content (AvgIpc) is 2.65. The van der Waals surface area contributed by atoms with Crippen molar-refractivity contribution in [2.75, 3.05) is 0 Å². The van der Waals surface area contributed by atoms with Gasteiger partial charge in [0, 0.05) is 11.8 Å². The Labute approximate surface area is 139 Å². The molecule has 4 heteroatoms. The normalized spacial score (nSPS) is 10.8. The second kappa shape index (κ2) is 6.08. The highest BCUT2D eigenvalue weighted by Crippen LogP contribution is 2.21. The lowest BCUT2D eigenvalue weighted by Crippen LogP contribution is -2.14. The Morgan fingerprint density at radius 3 is 2.29 bits per heavy atom. The van der Waals surface area contributed by atoms with Crippen molar-refractivity contribution in [3.8, 4) is 11.1 Å². The Morgan fingerprint density at radius 1 is 0.833 bits per heavy atom. The van der Waals surface area contributed by atoms with Crippen molar-refractivity contribution in [3.63, 3.8) is 0 Å². The highest BCUT2D eigenvalue weighted by Gasteiger charge is 2.08. The third-order valence-electron chi connectivity index (χ3n) is 3.99. The zero-order chi connectivity index (χ0) is 16.4. The first-order chi connectivity index (χ1) is 11.8. The van der Waals surface area contributed by atoms with Gasteiger partial charge in [0.25, 0.3) is 5.56 Å². The molecule has 0 spiro atoms. The van der Waals surface area contributed by atoms with Crippen molar-refractivity contribution in [3.05, 3.63) is 95.2 Å². The molecule has 0 N–H and O–H groups in total. The van der Waals surface area contributed by atoms with Gasteiger partial charge in [0.2, 0.25) is 0 Å². The lowest BCUT2D eigenvalue weighted by Gasteiger charge is -2.10. The van der Waals surface area contributed by atoms with Crippen LogP contribution in [0.4, 0.5) is 0 Å². The van der Waals surface area contributed by atoms with Gasteiger partial charge in [0.05, 0.1) is 11.9 Å². The number of pyridine rings is 1. The molecule has 0 aliphatic heterocycles. The van der Waals surface area contributed by atoms with Crippen molar-refractivity contribution in [1.29, 1.82) is 0 Å². The molecule has 2 aromatic heterocycles. The molecule has 4 nitrogen and oxygen atoms in total. The summed E-state index contributed by atoms with van der Waals surface area (Å²) >= 11 is 0. The zero-order valence-corrected chi connectivity index (χ0v) is 13.0. The third kappa shape index (κ3) is 2.70. The van der Waals surface area contributed by atoms with Gasteiger partial charge in [0.15, 0.2) is 0 Å². The Morgan fingerprint density at radius 2 is 1.54 bits per heavy atom. The van der Waals surface area contributed by atoms with E-state index in [0.29, 0.717) is 17.6 Å². The van der Waals surface area contributed by atoms with Crippen LogP contribution in [-0.4, -0.2) is 14.5 Å². The first kappa shape index (κ1) is 14.3. The summed E-state index contributed by atoms with van der Waals surface area (Å²) in [6, 6.07) is 21.8. The van der Waals surface area contributed by atoms with E-state index in [1.807, 2.05) is 71.3 Å². The van der Waals surface area contributed by atoms with Gasteiger partial charge in [-0.15, -0.1) is 0 Å². The Kier molecular flexibility index (Phi) is 3.63. The van der Waals surface area contributed by atoms with Crippen LogP contribution in [0.1, 0.15) is 5.56 Å². The lowest BCUT2D eigenvalue weighted by atomic mass is 10.1. The predicted molar refractivity (Wildman–Crippen MR) is 94.8 cm³/mol. The minimum Gasteiger partial charge on any atom is -0.312 e. The number of benzene rings is 2. The lowest BCUT2D eigenvalue weighted by molar-refractivity contribution is 0.786. The van der Waals surface area contributed by atoms with Gasteiger partial charge in [-0.25, -0.2) is 4.98 Å². The molecule has 0 aliphatic rings. The summed E-state index contributed by atoms with van der Waals surface area (Å²) in [5, 5.41) is 0.537. The number of nitrogens with zero attached hydrogens (tertiary/aromatic N) is 3. The van der Waals surface area contributed by atoms with Crippen LogP contribution >= 0.6 is 0 Å². The van der Waals surface area contributed by atoms with E-state index < -0.39 is 0 Å². The maximum absolute atomic E-state index is 12.2. The molecular weight excluding hydrogens is 298 g/mol. The first-order valence-electron chi connectivity index (χ1n) is 7.76. The van der Waals surface area contributed by atoms with Crippen molar-refractivity contribution in [1.82, 2.24) is 14.5 Å². The van der Waals surface area contributed by atoms with Crippen molar-refractivity contribution < 1.29 is 0 Å². The highest BCUT2D eigenvalue weighted by atomic mass is 16.1. The zero-order valence-electron chi connectivity index (χ0n) is 13.0. The summed E-state index contributed by atoms with van der Waals surface area (Å²) in [6.45, 7) is 0.627. The number of fused-ring (bicyclic) bond motifs is 1. The first-order valence-corrected chi connectivity index (χ1v) is 7.76. The van der Waals surface area contributed by atoms with Crippen LogP contribution in [0.3, 0.4) is 0 Å². The standard InChI is InChI=1S/C20H15N3O/c24-20-18-11-17(16-9-5-2-6-10-16)12-21-19(18)23(14-22-20)13-15-7-3-1-4-8-15/h1-12,14H,13H2. The average molecular weight is 313 g/mol. The molecule has 2 heterocycles. The topological polar surface area (TPSA) is 47.8 Å². The van der Waals surface area contributed by atoms with Crippen LogP contribution in [-0.2, 0) is 6.54 Å². The second-order valence-electron chi connectivity index (χ2n) is 5.62. The molecule has 0 saturated carbocycles. The van der Waals surface area contributed by atoms with E-state index in [4.69, 9.17) is 0 Å². The van der Waals surface area contributed by atoms with Crippen LogP contribution < -0.4 is 5.56 Å². The van der Waals surface area contributed by atoms with Crippen LogP contribution in [0.5, 0.6) is 0 Å². The van der Waals surface area contributed by atoms with Gasteiger partial charge < -0.3 is 4.57 Å². The van der Waals surface area contributed by atoms with Crippen molar-refractivity contribution >= 4 is 11.0 Å². The fraction of sp³-hybridized carbons (Fsp3) is 0.0500. The number of rotatable bonds is 3. The van der Waals surface area contributed by atoms with Crippen LogP contribution in [0.2, 0.25) is 0 Å². The van der Waals surface area contributed by atoms with E-state index in [9.17, 15) is 4.79 Å². The van der Waals surface area contributed by atoms with E-state index in [-0.39, 0.29) is 5.56 Å². The fourth-order valence-corrected chi connectivity index (χ4v) is 2.77. The molecule has 24 heavy (non-hydrogen) atoms. The second-order valence-corrected chi connectivity index (χ2v) is 5.62. The molecule has 0 saturated heterocycles. The minimum atomic E-state index is -0.250. The van der Waals surface area contributed by atoms with Crippen molar-refractivity contribution in [2.24, 2.45) is 0 Å². The minimum absolute atomic E-state index is 0.250. The molecule has 0 radical (unpaired) electrons. The maximum Gasteiger partial charge on any atom is 0.282 e. The van der Waals surface area contributed by atoms with E-state index in [2.05, 4.69) is 9.97 Å². The maximum atomic E-state index is 12.2. The quantitative estimate of drug-likeness (QED) is 0.581. The summed E-state index contributed by atoms with van der Waals surface area (Å²) in [5.74, 6) is 0. The molecule has 0 fully saturated rings. The molecule has 2 aromatic carbocycles. The highest BCUT2D eigenvalue weighted by molar-refractivity contribution is 5.80.